The third-order valence-electron chi connectivity index (χ3n) is 2.34. The van der Waals surface area contributed by atoms with Gasteiger partial charge in [-0.05, 0) is 38.1 Å². The van der Waals surface area contributed by atoms with E-state index in [1.165, 1.54) is 36.5 Å². The summed E-state index contributed by atoms with van der Waals surface area (Å²) in [6.07, 6.45) is 1.39. The Labute approximate surface area is 116 Å². The smallest absolute Gasteiger partial charge is 0.232 e. The molecule has 0 unspecified atom stereocenters. The molecule has 0 fully saturated rings. The number of halogens is 1. The van der Waals surface area contributed by atoms with Crippen molar-refractivity contribution in [1.82, 2.24) is 4.98 Å². The van der Waals surface area contributed by atoms with Gasteiger partial charge in [0.05, 0.1) is 12.3 Å². The van der Waals surface area contributed by atoms with Gasteiger partial charge in [0.25, 0.3) is 0 Å². The standard InChI is InChI=1S/C15H13FN2O2/c1-10(2)19-15-11(8-17)7-14(9-18-15)20-13-5-3-12(16)4-6-13/h3-7,9-10H,1-2H3. The van der Waals surface area contributed by atoms with E-state index in [-0.39, 0.29) is 17.8 Å². The lowest BCUT2D eigenvalue weighted by Gasteiger charge is -2.11. The minimum atomic E-state index is -0.339. The summed E-state index contributed by atoms with van der Waals surface area (Å²) in [5, 5.41) is 9.08. The highest BCUT2D eigenvalue weighted by Gasteiger charge is 2.09. The van der Waals surface area contributed by atoms with Gasteiger partial charge in [0.1, 0.15) is 28.9 Å². The minimum absolute atomic E-state index is 0.0709. The summed E-state index contributed by atoms with van der Waals surface area (Å²) in [5.74, 6) is 0.793. The van der Waals surface area contributed by atoms with E-state index < -0.39 is 0 Å². The summed E-state index contributed by atoms with van der Waals surface area (Å²) in [6, 6.07) is 9.14. The molecule has 0 saturated heterocycles. The van der Waals surface area contributed by atoms with Crippen LogP contribution < -0.4 is 9.47 Å². The van der Waals surface area contributed by atoms with Crippen molar-refractivity contribution in [3.05, 3.63) is 47.9 Å². The Morgan fingerprint density at radius 3 is 2.50 bits per heavy atom. The molecule has 0 N–H and O–H groups in total. The van der Waals surface area contributed by atoms with Gasteiger partial charge >= 0.3 is 0 Å². The molecule has 0 radical (unpaired) electrons. The third kappa shape index (κ3) is 3.45. The van der Waals surface area contributed by atoms with Crippen LogP contribution in [0.5, 0.6) is 17.4 Å². The van der Waals surface area contributed by atoms with Gasteiger partial charge in [0.2, 0.25) is 5.88 Å². The summed E-state index contributed by atoms with van der Waals surface area (Å²) >= 11 is 0. The summed E-state index contributed by atoms with van der Waals surface area (Å²) < 4.78 is 23.7. The highest BCUT2D eigenvalue weighted by Crippen LogP contribution is 2.25. The van der Waals surface area contributed by atoms with Crippen molar-refractivity contribution < 1.29 is 13.9 Å². The minimum Gasteiger partial charge on any atom is -0.474 e. The fourth-order valence-electron chi connectivity index (χ4n) is 1.52. The molecule has 1 aromatic carbocycles. The van der Waals surface area contributed by atoms with Crippen molar-refractivity contribution >= 4 is 0 Å². The number of nitrogens with zero attached hydrogens (tertiary/aromatic N) is 2. The quantitative estimate of drug-likeness (QED) is 0.852. The van der Waals surface area contributed by atoms with Gasteiger partial charge in [-0.15, -0.1) is 0 Å². The van der Waals surface area contributed by atoms with E-state index in [9.17, 15) is 4.39 Å². The van der Waals surface area contributed by atoms with Gasteiger partial charge in [0.15, 0.2) is 0 Å². The lowest BCUT2D eigenvalue weighted by atomic mass is 10.3. The lowest BCUT2D eigenvalue weighted by Crippen LogP contribution is -2.08. The zero-order chi connectivity index (χ0) is 14.5. The first kappa shape index (κ1) is 13.8. The van der Waals surface area contributed by atoms with E-state index in [0.29, 0.717) is 17.1 Å². The first-order valence-electron chi connectivity index (χ1n) is 6.08. The van der Waals surface area contributed by atoms with E-state index in [0.717, 1.165) is 0 Å². The second-order valence-corrected chi connectivity index (χ2v) is 4.36. The van der Waals surface area contributed by atoms with Gasteiger partial charge in [-0.25, -0.2) is 9.37 Å². The van der Waals surface area contributed by atoms with Crippen molar-refractivity contribution in [3.63, 3.8) is 0 Å². The maximum absolute atomic E-state index is 12.8. The van der Waals surface area contributed by atoms with Gasteiger partial charge in [-0.2, -0.15) is 5.26 Å². The van der Waals surface area contributed by atoms with E-state index in [1.54, 1.807) is 0 Å². The van der Waals surface area contributed by atoms with E-state index >= 15 is 0 Å². The van der Waals surface area contributed by atoms with Crippen LogP contribution in [0.3, 0.4) is 0 Å². The van der Waals surface area contributed by atoms with Crippen molar-refractivity contribution in [3.8, 4) is 23.4 Å². The summed E-state index contributed by atoms with van der Waals surface area (Å²) in [4.78, 5) is 4.06. The Morgan fingerprint density at radius 1 is 1.20 bits per heavy atom. The predicted molar refractivity (Wildman–Crippen MR) is 71.2 cm³/mol. The summed E-state index contributed by atoms with van der Waals surface area (Å²) in [5.41, 5.74) is 0.290. The molecule has 2 rings (SSSR count). The van der Waals surface area contributed by atoms with Crippen LogP contribution in [0, 0.1) is 17.1 Å². The maximum Gasteiger partial charge on any atom is 0.232 e. The second-order valence-electron chi connectivity index (χ2n) is 4.36. The molecule has 0 aliphatic carbocycles. The molecule has 0 spiro atoms. The molecule has 2 aromatic rings. The number of ether oxygens (including phenoxy) is 2. The number of hydrogen-bond acceptors (Lipinski definition) is 4. The number of aromatic nitrogens is 1. The number of hydrogen-bond donors (Lipinski definition) is 0. The van der Waals surface area contributed by atoms with Crippen LogP contribution in [0.2, 0.25) is 0 Å². The molecular weight excluding hydrogens is 259 g/mol. The number of nitriles is 1. The molecule has 0 bridgehead atoms. The fourth-order valence-corrected chi connectivity index (χ4v) is 1.52. The third-order valence-corrected chi connectivity index (χ3v) is 2.34. The van der Waals surface area contributed by atoms with Crippen molar-refractivity contribution in [2.45, 2.75) is 20.0 Å². The molecule has 5 heteroatoms. The lowest BCUT2D eigenvalue weighted by molar-refractivity contribution is 0.231. The average molecular weight is 272 g/mol. The molecule has 20 heavy (non-hydrogen) atoms. The normalized spacial score (nSPS) is 10.2. The Morgan fingerprint density at radius 2 is 1.90 bits per heavy atom. The first-order chi connectivity index (χ1) is 9.58. The van der Waals surface area contributed by atoms with E-state index in [2.05, 4.69) is 4.98 Å². The summed E-state index contributed by atoms with van der Waals surface area (Å²) in [7, 11) is 0. The predicted octanol–water partition coefficient (Wildman–Crippen LogP) is 3.67. The van der Waals surface area contributed by atoms with Crippen LogP contribution in [0.15, 0.2) is 36.5 Å². The SMILES string of the molecule is CC(C)Oc1ncc(Oc2ccc(F)cc2)cc1C#N. The summed E-state index contributed by atoms with van der Waals surface area (Å²) in [6.45, 7) is 3.71. The molecular formula is C15H13FN2O2. The van der Waals surface area contributed by atoms with Crippen LogP contribution in [-0.4, -0.2) is 11.1 Å². The second kappa shape index (κ2) is 6.02. The van der Waals surface area contributed by atoms with Gasteiger partial charge in [0, 0.05) is 6.07 Å². The largest absolute Gasteiger partial charge is 0.474 e. The van der Waals surface area contributed by atoms with E-state index in [1.807, 2.05) is 19.9 Å². The Kier molecular flexibility index (Phi) is 4.16. The number of rotatable bonds is 4. The zero-order valence-electron chi connectivity index (χ0n) is 11.1. The molecule has 102 valence electrons. The molecule has 0 aliphatic rings. The van der Waals surface area contributed by atoms with Gasteiger partial charge < -0.3 is 9.47 Å². The van der Waals surface area contributed by atoms with Crippen LogP contribution in [0.25, 0.3) is 0 Å². The molecule has 0 saturated carbocycles. The van der Waals surface area contributed by atoms with Crippen molar-refractivity contribution in [2.75, 3.05) is 0 Å². The Balaban J connectivity index is 2.21. The highest BCUT2D eigenvalue weighted by atomic mass is 19.1. The molecule has 4 nitrogen and oxygen atoms in total. The Bertz CT molecular complexity index is 633. The average Bonchev–Trinajstić information content (AvgIpc) is 2.42. The molecule has 0 atom stereocenters. The Hall–Kier alpha value is -2.61. The van der Waals surface area contributed by atoms with Crippen LogP contribution >= 0.6 is 0 Å². The van der Waals surface area contributed by atoms with Crippen LogP contribution in [0.1, 0.15) is 19.4 Å². The van der Waals surface area contributed by atoms with Crippen LogP contribution in [-0.2, 0) is 0 Å². The van der Waals surface area contributed by atoms with E-state index in [4.69, 9.17) is 14.7 Å². The highest BCUT2D eigenvalue weighted by molar-refractivity contribution is 5.43. The number of pyridine rings is 1. The first-order valence-corrected chi connectivity index (χ1v) is 6.08. The topological polar surface area (TPSA) is 55.1 Å². The van der Waals surface area contributed by atoms with Crippen molar-refractivity contribution in [1.29, 1.82) is 5.26 Å². The van der Waals surface area contributed by atoms with Gasteiger partial charge in [-0.1, -0.05) is 0 Å². The molecule has 0 aliphatic heterocycles. The fraction of sp³-hybridized carbons (Fsp3) is 0.200. The molecule has 1 aromatic heterocycles. The maximum atomic E-state index is 12.8. The number of benzene rings is 1. The molecule has 1 heterocycles. The zero-order valence-corrected chi connectivity index (χ0v) is 11.1. The van der Waals surface area contributed by atoms with Crippen LogP contribution in [0.4, 0.5) is 4.39 Å². The monoisotopic (exact) mass is 272 g/mol. The van der Waals surface area contributed by atoms with Crippen molar-refractivity contribution in [2.24, 2.45) is 0 Å². The van der Waals surface area contributed by atoms with Gasteiger partial charge in [-0.3, -0.25) is 0 Å². The molecule has 0 amide bonds.